The van der Waals surface area contributed by atoms with Gasteiger partial charge in [0, 0.05) is 0 Å². The average molecular weight is 212 g/mol. The van der Waals surface area contributed by atoms with Crippen molar-refractivity contribution in [2.45, 2.75) is 26.4 Å². The molecule has 0 aliphatic rings. The van der Waals surface area contributed by atoms with E-state index in [1.54, 1.807) is 13.0 Å². The molecule has 0 aliphatic carbocycles. The zero-order valence-corrected chi connectivity index (χ0v) is 8.70. The van der Waals surface area contributed by atoms with Gasteiger partial charge in [-0.25, -0.2) is 9.18 Å². The summed E-state index contributed by atoms with van der Waals surface area (Å²) in [4.78, 5) is 11.1. The first-order chi connectivity index (χ1) is 7.13. The second-order valence-corrected chi connectivity index (χ2v) is 3.12. The van der Waals surface area contributed by atoms with E-state index in [0.29, 0.717) is 6.42 Å². The van der Waals surface area contributed by atoms with E-state index in [2.05, 4.69) is 4.74 Å². The number of hydrogen-bond acceptors (Lipinski definition) is 3. The van der Waals surface area contributed by atoms with Gasteiger partial charge in [-0.3, -0.25) is 0 Å². The minimum atomic E-state index is -0.880. The Kier molecular flexibility index (Phi) is 4.09. The van der Waals surface area contributed by atoms with E-state index in [4.69, 9.17) is 4.74 Å². The van der Waals surface area contributed by atoms with Gasteiger partial charge in [-0.05, 0) is 25.5 Å². The molecule has 1 rings (SSSR count). The predicted octanol–water partition coefficient (Wildman–Crippen LogP) is 3.14. The third-order valence-electron chi connectivity index (χ3n) is 1.90. The summed E-state index contributed by atoms with van der Waals surface area (Å²) in [7, 11) is 0. The molecule has 4 heteroatoms. The van der Waals surface area contributed by atoms with E-state index >= 15 is 0 Å². The van der Waals surface area contributed by atoms with Crippen LogP contribution in [0, 0.1) is 5.82 Å². The SMILES string of the molecule is CCC(C)OC(=O)Oc1ccccc1F. The lowest BCUT2D eigenvalue weighted by Gasteiger charge is -2.10. The zero-order valence-electron chi connectivity index (χ0n) is 8.70. The maximum Gasteiger partial charge on any atom is 0.514 e. The van der Waals surface area contributed by atoms with Gasteiger partial charge in [0.05, 0.1) is 0 Å². The van der Waals surface area contributed by atoms with Gasteiger partial charge in [-0.1, -0.05) is 19.1 Å². The molecular weight excluding hydrogens is 199 g/mol. The summed E-state index contributed by atoms with van der Waals surface area (Å²) < 4.78 is 22.5. The highest BCUT2D eigenvalue weighted by Gasteiger charge is 2.12. The molecule has 0 aromatic heterocycles. The molecule has 0 radical (unpaired) electrons. The Hall–Kier alpha value is -1.58. The van der Waals surface area contributed by atoms with Crippen LogP contribution >= 0.6 is 0 Å². The second kappa shape index (κ2) is 5.34. The van der Waals surface area contributed by atoms with E-state index in [1.807, 2.05) is 6.92 Å². The molecule has 1 unspecified atom stereocenters. The fraction of sp³-hybridized carbons (Fsp3) is 0.364. The smallest absolute Gasteiger partial charge is 0.431 e. The van der Waals surface area contributed by atoms with E-state index in [9.17, 15) is 9.18 Å². The molecule has 0 fully saturated rings. The molecule has 0 amide bonds. The fourth-order valence-electron chi connectivity index (χ4n) is 0.889. The van der Waals surface area contributed by atoms with Gasteiger partial charge in [0.1, 0.15) is 6.10 Å². The third kappa shape index (κ3) is 3.58. The first-order valence-corrected chi connectivity index (χ1v) is 4.76. The van der Waals surface area contributed by atoms with Gasteiger partial charge in [-0.2, -0.15) is 0 Å². The summed E-state index contributed by atoms with van der Waals surface area (Å²) in [6.45, 7) is 3.61. The van der Waals surface area contributed by atoms with Crippen LogP contribution in [0.2, 0.25) is 0 Å². The molecule has 0 bridgehead atoms. The second-order valence-electron chi connectivity index (χ2n) is 3.12. The maximum atomic E-state index is 13.0. The number of carbonyl (C=O) groups is 1. The Bertz CT molecular complexity index is 338. The topological polar surface area (TPSA) is 35.5 Å². The lowest BCUT2D eigenvalue weighted by molar-refractivity contribution is 0.0632. The first-order valence-electron chi connectivity index (χ1n) is 4.76. The Morgan fingerprint density at radius 1 is 1.47 bits per heavy atom. The van der Waals surface area contributed by atoms with Gasteiger partial charge in [0.15, 0.2) is 11.6 Å². The third-order valence-corrected chi connectivity index (χ3v) is 1.90. The Morgan fingerprint density at radius 2 is 2.13 bits per heavy atom. The summed E-state index contributed by atoms with van der Waals surface area (Å²) in [5.74, 6) is -0.704. The zero-order chi connectivity index (χ0) is 11.3. The molecule has 3 nitrogen and oxygen atoms in total. The van der Waals surface area contributed by atoms with Crippen molar-refractivity contribution in [3.8, 4) is 5.75 Å². The number of para-hydroxylation sites is 1. The van der Waals surface area contributed by atoms with Crippen molar-refractivity contribution in [1.82, 2.24) is 0 Å². The van der Waals surface area contributed by atoms with Crippen LogP contribution in [0.25, 0.3) is 0 Å². The van der Waals surface area contributed by atoms with Gasteiger partial charge in [-0.15, -0.1) is 0 Å². The predicted molar refractivity (Wildman–Crippen MR) is 53.3 cm³/mol. The molecule has 0 spiro atoms. The van der Waals surface area contributed by atoms with Crippen LogP contribution in [0.1, 0.15) is 20.3 Å². The minimum Gasteiger partial charge on any atom is -0.431 e. The number of halogens is 1. The van der Waals surface area contributed by atoms with Crippen molar-refractivity contribution in [3.63, 3.8) is 0 Å². The van der Waals surface area contributed by atoms with Crippen LogP contribution in [0.3, 0.4) is 0 Å². The number of rotatable bonds is 3. The minimum absolute atomic E-state index is 0.120. The largest absolute Gasteiger partial charge is 0.514 e. The highest BCUT2D eigenvalue weighted by Crippen LogP contribution is 2.16. The van der Waals surface area contributed by atoms with Crippen LogP contribution in [-0.2, 0) is 4.74 Å². The number of hydrogen-bond donors (Lipinski definition) is 0. The molecule has 0 aliphatic heterocycles. The van der Waals surface area contributed by atoms with Gasteiger partial charge in [0.25, 0.3) is 0 Å². The van der Waals surface area contributed by atoms with Crippen molar-refractivity contribution in [2.24, 2.45) is 0 Å². The number of carbonyl (C=O) groups excluding carboxylic acids is 1. The van der Waals surface area contributed by atoms with Crippen LogP contribution in [0.5, 0.6) is 5.75 Å². The van der Waals surface area contributed by atoms with Crippen molar-refractivity contribution in [1.29, 1.82) is 0 Å². The average Bonchev–Trinajstić information content (AvgIpc) is 2.21. The van der Waals surface area contributed by atoms with E-state index < -0.39 is 12.0 Å². The monoisotopic (exact) mass is 212 g/mol. The van der Waals surface area contributed by atoms with Crippen molar-refractivity contribution in [3.05, 3.63) is 30.1 Å². The highest BCUT2D eigenvalue weighted by molar-refractivity contribution is 5.64. The molecule has 0 N–H and O–H groups in total. The molecule has 0 saturated heterocycles. The number of ether oxygens (including phenoxy) is 2. The van der Waals surface area contributed by atoms with E-state index in [-0.39, 0.29) is 11.9 Å². The summed E-state index contributed by atoms with van der Waals surface area (Å²) in [6.07, 6.45) is -0.425. The van der Waals surface area contributed by atoms with Crippen LogP contribution in [-0.4, -0.2) is 12.3 Å². The summed E-state index contributed by atoms with van der Waals surface area (Å²) in [5.41, 5.74) is 0. The molecule has 0 saturated carbocycles. The molecular formula is C11H13FO3. The van der Waals surface area contributed by atoms with Gasteiger partial charge >= 0.3 is 6.16 Å². The van der Waals surface area contributed by atoms with Crippen molar-refractivity contribution in [2.75, 3.05) is 0 Å². The summed E-state index contributed by atoms with van der Waals surface area (Å²) >= 11 is 0. The fourth-order valence-corrected chi connectivity index (χ4v) is 0.889. The lowest BCUT2D eigenvalue weighted by Crippen LogP contribution is -2.17. The quantitative estimate of drug-likeness (QED) is 0.570. The first kappa shape index (κ1) is 11.5. The van der Waals surface area contributed by atoms with Crippen LogP contribution < -0.4 is 4.74 Å². The highest BCUT2D eigenvalue weighted by atomic mass is 19.1. The van der Waals surface area contributed by atoms with Gasteiger partial charge < -0.3 is 9.47 Å². The molecule has 82 valence electrons. The summed E-state index contributed by atoms with van der Waals surface area (Å²) in [6, 6.07) is 5.68. The standard InChI is InChI=1S/C11H13FO3/c1-3-8(2)14-11(13)15-10-7-5-4-6-9(10)12/h4-8H,3H2,1-2H3. The number of benzene rings is 1. The molecule has 15 heavy (non-hydrogen) atoms. The molecule has 1 atom stereocenters. The molecule has 1 aromatic rings. The van der Waals surface area contributed by atoms with Crippen LogP contribution in [0.4, 0.5) is 9.18 Å². The van der Waals surface area contributed by atoms with E-state index in [1.165, 1.54) is 18.2 Å². The van der Waals surface area contributed by atoms with Gasteiger partial charge in [0.2, 0.25) is 0 Å². The molecule has 1 aromatic carbocycles. The Labute approximate surface area is 87.8 Å². The van der Waals surface area contributed by atoms with Crippen LogP contribution in [0.15, 0.2) is 24.3 Å². The Morgan fingerprint density at radius 3 is 2.73 bits per heavy atom. The van der Waals surface area contributed by atoms with Crippen molar-refractivity contribution < 1.29 is 18.7 Å². The lowest BCUT2D eigenvalue weighted by atomic mass is 10.3. The van der Waals surface area contributed by atoms with E-state index in [0.717, 1.165) is 0 Å². The Balaban J connectivity index is 2.55. The maximum absolute atomic E-state index is 13.0. The molecule has 0 heterocycles. The van der Waals surface area contributed by atoms with Crippen molar-refractivity contribution >= 4 is 6.16 Å². The summed E-state index contributed by atoms with van der Waals surface area (Å²) in [5, 5.41) is 0. The normalized spacial score (nSPS) is 11.9.